The first kappa shape index (κ1) is 15.1. The third-order valence-corrected chi connectivity index (χ3v) is 3.65. The molecule has 1 heterocycles. The number of halogens is 1. The van der Waals surface area contributed by atoms with Gasteiger partial charge in [-0.25, -0.2) is 4.99 Å². The molecule has 4 nitrogen and oxygen atoms in total. The van der Waals surface area contributed by atoms with Crippen LogP contribution in [0.2, 0.25) is 5.02 Å². The molecule has 0 aromatic heterocycles. The topological polar surface area (TPSA) is 50.9 Å². The van der Waals surface area contributed by atoms with Gasteiger partial charge < -0.3 is 15.4 Å². The number of likely N-dealkylation sites (tertiary alicyclic amines) is 1. The van der Waals surface area contributed by atoms with E-state index in [4.69, 9.17) is 22.1 Å². The molecule has 0 saturated carbocycles. The number of hydrogen-bond acceptors (Lipinski definition) is 3. The highest BCUT2D eigenvalue weighted by atomic mass is 35.5. The van der Waals surface area contributed by atoms with Crippen LogP contribution >= 0.6 is 11.6 Å². The lowest BCUT2D eigenvalue weighted by molar-refractivity contribution is 0.251. The molecular weight excluding hydrogens is 274 g/mol. The molecule has 20 heavy (non-hydrogen) atoms. The average Bonchev–Trinajstić information content (AvgIpc) is 2.96. The predicted molar refractivity (Wildman–Crippen MR) is 83.0 cm³/mol. The molecule has 0 atom stereocenters. The smallest absolute Gasteiger partial charge is 0.282 e. The lowest BCUT2D eigenvalue weighted by Gasteiger charge is -2.14. The molecule has 1 aromatic carbocycles. The number of aliphatic imine (C=N–C) groups is 1. The van der Waals surface area contributed by atoms with E-state index in [2.05, 4.69) is 9.89 Å². The van der Waals surface area contributed by atoms with E-state index in [9.17, 15) is 0 Å². The monoisotopic (exact) mass is 295 g/mol. The number of benzene rings is 1. The molecule has 0 aliphatic carbocycles. The van der Waals surface area contributed by atoms with Crippen LogP contribution in [0.5, 0.6) is 0 Å². The highest BCUT2D eigenvalue weighted by Crippen LogP contribution is 2.10. The Bertz CT molecular complexity index is 427. The van der Waals surface area contributed by atoms with Crippen molar-refractivity contribution in [2.75, 3.05) is 26.2 Å². The predicted octanol–water partition coefficient (Wildman–Crippen LogP) is 2.66. The van der Waals surface area contributed by atoms with Crippen molar-refractivity contribution in [2.45, 2.75) is 25.8 Å². The third kappa shape index (κ3) is 5.39. The summed E-state index contributed by atoms with van der Waals surface area (Å²) in [4.78, 5) is 6.67. The van der Waals surface area contributed by atoms with Gasteiger partial charge in [0.15, 0.2) is 0 Å². The van der Waals surface area contributed by atoms with E-state index in [1.807, 2.05) is 24.3 Å². The molecule has 0 spiro atoms. The maximum Gasteiger partial charge on any atom is 0.282 e. The minimum absolute atomic E-state index is 0.265. The fourth-order valence-electron chi connectivity index (χ4n) is 2.28. The first-order valence-corrected chi connectivity index (χ1v) is 7.51. The summed E-state index contributed by atoms with van der Waals surface area (Å²) in [5.74, 6) is 0. The summed E-state index contributed by atoms with van der Waals surface area (Å²) in [6.07, 6.45) is 3.65. The number of nitrogens with zero attached hydrogens (tertiary/aromatic N) is 2. The van der Waals surface area contributed by atoms with Crippen LogP contribution in [0.15, 0.2) is 29.3 Å². The molecule has 0 bridgehead atoms. The Labute approximate surface area is 125 Å². The maximum atomic E-state index is 5.82. The van der Waals surface area contributed by atoms with Crippen LogP contribution in [0.25, 0.3) is 0 Å². The third-order valence-electron chi connectivity index (χ3n) is 3.40. The first-order chi connectivity index (χ1) is 9.74. The zero-order valence-electron chi connectivity index (χ0n) is 11.7. The molecule has 1 aliphatic heterocycles. The van der Waals surface area contributed by atoms with E-state index in [-0.39, 0.29) is 6.02 Å². The fourth-order valence-corrected chi connectivity index (χ4v) is 2.40. The van der Waals surface area contributed by atoms with Gasteiger partial charge in [-0.15, -0.1) is 0 Å². The second-order valence-corrected chi connectivity index (χ2v) is 5.47. The minimum Gasteiger partial charge on any atom is -0.465 e. The van der Waals surface area contributed by atoms with Gasteiger partial charge in [0, 0.05) is 11.6 Å². The maximum absolute atomic E-state index is 5.82. The second kappa shape index (κ2) is 8.12. The number of ether oxygens (including phenoxy) is 1. The van der Waals surface area contributed by atoms with E-state index in [0.29, 0.717) is 13.2 Å². The Morgan fingerprint density at radius 2 is 1.95 bits per heavy atom. The zero-order valence-corrected chi connectivity index (χ0v) is 12.5. The van der Waals surface area contributed by atoms with Gasteiger partial charge in [-0.1, -0.05) is 23.7 Å². The van der Waals surface area contributed by atoms with Crippen LogP contribution in [-0.4, -0.2) is 37.2 Å². The second-order valence-electron chi connectivity index (χ2n) is 5.03. The van der Waals surface area contributed by atoms with Crippen LogP contribution in [0.1, 0.15) is 24.8 Å². The lowest BCUT2D eigenvalue weighted by atomic mass is 10.2. The molecule has 5 heteroatoms. The van der Waals surface area contributed by atoms with E-state index in [1.165, 1.54) is 25.9 Å². The van der Waals surface area contributed by atoms with Crippen LogP contribution in [0, 0.1) is 0 Å². The number of hydrogen-bond donors (Lipinski definition) is 1. The van der Waals surface area contributed by atoms with Crippen molar-refractivity contribution >= 4 is 17.6 Å². The van der Waals surface area contributed by atoms with Crippen LogP contribution in [0.4, 0.5) is 0 Å². The van der Waals surface area contributed by atoms with Gasteiger partial charge in [-0.2, -0.15) is 0 Å². The standard InChI is InChI=1S/C15H22ClN3O/c16-14-6-4-13(5-7-14)12-18-15(17)20-11-3-10-19-8-1-2-9-19/h4-7H,1-3,8-12H2,(H2,17,18). The molecule has 0 unspecified atom stereocenters. The van der Waals surface area contributed by atoms with Gasteiger partial charge in [0.05, 0.1) is 13.2 Å². The SMILES string of the molecule is NC(=NCc1ccc(Cl)cc1)OCCCN1CCCC1. The van der Waals surface area contributed by atoms with Gasteiger partial charge in [-0.05, 0) is 50.0 Å². The van der Waals surface area contributed by atoms with Crippen molar-refractivity contribution in [3.05, 3.63) is 34.9 Å². The van der Waals surface area contributed by atoms with Gasteiger partial charge in [0.2, 0.25) is 0 Å². The molecule has 1 aliphatic rings. The molecule has 0 radical (unpaired) electrons. The summed E-state index contributed by atoms with van der Waals surface area (Å²) >= 11 is 5.82. The van der Waals surface area contributed by atoms with E-state index < -0.39 is 0 Å². The molecule has 0 amide bonds. The Hall–Kier alpha value is -1.26. The van der Waals surface area contributed by atoms with Gasteiger partial charge in [-0.3, -0.25) is 0 Å². The van der Waals surface area contributed by atoms with Crippen molar-refractivity contribution in [1.29, 1.82) is 0 Å². The molecule has 110 valence electrons. The van der Waals surface area contributed by atoms with Crippen LogP contribution in [0.3, 0.4) is 0 Å². The average molecular weight is 296 g/mol. The van der Waals surface area contributed by atoms with E-state index >= 15 is 0 Å². The van der Waals surface area contributed by atoms with Gasteiger partial charge in [0.1, 0.15) is 0 Å². The van der Waals surface area contributed by atoms with Crippen LogP contribution in [-0.2, 0) is 11.3 Å². The summed E-state index contributed by atoms with van der Waals surface area (Å²) in [5.41, 5.74) is 6.80. The lowest BCUT2D eigenvalue weighted by Crippen LogP contribution is -2.23. The van der Waals surface area contributed by atoms with Gasteiger partial charge >= 0.3 is 0 Å². The summed E-state index contributed by atoms with van der Waals surface area (Å²) in [6.45, 7) is 4.69. The largest absolute Gasteiger partial charge is 0.465 e. The molecule has 1 fully saturated rings. The normalized spacial score (nSPS) is 16.6. The van der Waals surface area contributed by atoms with Crippen molar-refractivity contribution in [2.24, 2.45) is 10.7 Å². The Morgan fingerprint density at radius 3 is 2.65 bits per heavy atom. The van der Waals surface area contributed by atoms with Crippen LogP contribution < -0.4 is 5.73 Å². The van der Waals surface area contributed by atoms with Crippen molar-refractivity contribution in [3.63, 3.8) is 0 Å². The quantitative estimate of drug-likeness (QED) is 0.499. The number of nitrogens with two attached hydrogens (primary N) is 1. The number of amidine groups is 1. The minimum atomic E-state index is 0.265. The molecule has 1 saturated heterocycles. The molecule has 1 aromatic rings. The molecule has 2 rings (SSSR count). The van der Waals surface area contributed by atoms with E-state index in [1.54, 1.807) is 0 Å². The zero-order chi connectivity index (χ0) is 14.2. The fraction of sp³-hybridized carbons (Fsp3) is 0.533. The Balaban J connectivity index is 1.62. The molecule has 2 N–H and O–H groups in total. The van der Waals surface area contributed by atoms with E-state index in [0.717, 1.165) is 23.6 Å². The van der Waals surface area contributed by atoms with Crippen molar-refractivity contribution in [3.8, 4) is 0 Å². The Morgan fingerprint density at radius 1 is 1.25 bits per heavy atom. The van der Waals surface area contributed by atoms with Gasteiger partial charge in [0.25, 0.3) is 6.02 Å². The summed E-state index contributed by atoms with van der Waals surface area (Å²) < 4.78 is 5.42. The molecular formula is C15H22ClN3O. The Kier molecular flexibility index (Phi) is 6.15. The highest BCUT2D eigenvalue weighted by Gasteiger charge is 2.10. The van der Waals surface area contributed by atoms with Crippen molar-refractivity contribution < 1.29 is 4.74 Å². The summed E-state index contributed by atoms with van der Waals surface area (Å²) in [7, 11) is 0. The number of rotatable bonds is 6. The first-order valence-electron chi connectivity index (χ1n) is 7.13. The summed E-state index contributed by atoms with van der Waals surface area (Å²) in [6, 6.07) is 7.83. The highest BCUT2D eigenvalue weighted by molar-refractivity contribution is 6.30. The van der Waals surface area contributed by atoms with Crippen molar-refractivity contribution in [1.82, 2.24) is 4.90 Å². The summed E-state index contributed by atoms with van der Waals surface area (Å²) in [5, 5.41) is 0.726.